The van der Waals surface area contributed by atoms with Crippen molar-refractivity contribution in [3.05, 3.63) is 23.8 Å². The fraction of sp³-hybridized carbons (Fsp3) is 0.300. The van der Waals surface area contributed by atoms with Gasteiger partial charge in [0.05, 0.1) is 14.2 Å². The predicted molar refractivity (Wildman–Crippen MR) is 53.9 cm³/mol. The van der Waals surface area contributed by atoms with E-state index in [0.717, 1.165) is 12.1 Å². The summed E-state index contributed by atoms with van der Waals surface area (Å²) in [5.74, 6) is 0.408. The molecule has 0 unspecified atom stereocenters. The van der Waals surface area contributed by atoms with Gasteiger partial charge in [-0.2, -0.15) is 13.2 Å². The summed E-state index contributed by atoms with van der Waals surface area (Å²) in [5.41, 5.74) is -1.70. The lowest BCUT2D eigenvalue weighted by atomic mass is 10.1. The maximum Gasteiger partial charge on any atom is 0.437 e. The molecule has 0 aliphatic heterocycles. The molecule has 1 aromatic carbocycles. The Labute approximate surface area is 95.3 Å². The maximum absolute atomic E-state index is 12.5. The molecule has 1 aromatic rings. The quantitative estimate of drug-likeness (QED) is 0.508. The number of oxime groups is 1. The summed E-state index contributed by atoms with van der Waals surface area (Å²) in [7, 11) is 2.66. The van der Waals surface area contributed by atoms with Crippen LogP contribution in [0.3, 0.4) is 0 Å². The number of rotatable bonds is 3. The van der Waals surface area contributed by atoms with E-state index >= 15 is 0 Å². The monoisotopic (exact) mass is 249 g/mol. The van der Waals surface area contributed by atoms with Gasteiger partial charge >= 0.3 is 6.18 Å². The molecule has 0 saturated heterocycles. The van der Waals surface area contributed by atoms with Crippen molar-refractivity contribution >= 4 is 5.71 Å². The van der Waals surface area contributed by atoms with Crippen LogP contribution < -0.4 is 9.47 Å². The van der Waals surface area contributed by atoms with E-state index in [0.29, 0.717) is 0 Å². The molecule has 0 atom stereocenters. The Bertz CT molecular complexity index is 429. The molecule has 4 nitrogen and oxygen atoms in total. The van der Waals surface area contributed by atoms with Gasteiger partial charge in [0.15, 0.2) is 17.2 Å². The van der Waals surface area contributed by atoms with Crippen molar-refractivity contribution in [2.45, 2.75) is 6.18 Å². The largest absolute Gasteiger partial charge is 0.493 e. The highest BCUT2D eigenvalue weighted by atomic mass is 19.4. The smallest absolute Gasteiger partial charge is 0.437 e. The molecule has 94 valence electrons. The molecule has 1 N–H and O–H groups in total. The van der Waals surface area contributed by atoms with Gasteiger partial charge in [-0.25, -0.2) is 0 Å². The molecule has 0 aromatic heterocycles. The number of ether oxygens (including phenoxy) is 2. The second-order valence-corrected chi connectivity index (χ2v) is 3.02. The van der Waals surface area contributed by atoms with E-state index in [-0.39, 0.29) is 17.1 Å². The first kappa shape index (κ1) is 13.1. The Morgan fingerprint density at radius 2 is 1.76 bits per heavy atom. The lowest BCUT2D eigenvalue weighted by Crippen LogP contribution is -2.24. The first-order valence-electron chi connectivity index (χ1n) is 4.45. The van der Waals surface area contributed by atoms with E-state index in [4.69, 9.17) is 14.7 Å². The van der Waals surface area contributed by atoms with Gasteiger partial charge in [-0.1, -0.05) is 5.16 Å². The number of methoxy groups -OCH3 is 2. The number of benzene rings is 1. The molecule has 17 heavy (non-hydrogen) atoms. The first-order chi connectivity index (χ1) is 7.93. The van der Waals surface area contributed by atoms with Gasteiger partial charge in [-0.15, -0.1) is 0 Å². The molecule has 0 bridgehead atoms. The molecule has 7 heteroatoms. The second-order valence-electron chi connectivity index (χ2n) is 3.02. The first-order valence-corrected chi connectivity index (χ1v) is 4.45. The van der Waals surface area contributed by atoms with Crippen LogP contribution in [0.4, 0.5) is 13.2 Å². The summed E-state index contributed by atoms with van der Waals surface area (Å²) >= 11 is 0. The van der Waals surface area contributed by atoms with Crippen molar-refractivity contribution in [3.8, 4) is 11.5 Å². The zero-order valence-electron chi connectivity index (χ0n) is 9.08. The van der Waals surface area contributed by atoms with E-state index in [1.165, 1.54) is 20.3 Å². The average molecular weight is 249 g/mol. The summed E-state index contributed by atoms with van der Waals surface area (Å²) in [4.78, 5) is 0. The van der Waals surface area contributed by atoms with Gasteiger partial charge in [-0.05, 0) is 18.2 Å². The summed E-state index contributed by atoms with van der Waals surface area (Å²) in [5, 5.41) is 10.7. The van der Waals surface area contributed by atoms with Crippen molar-refractivity contribution in [3.63, 3.8) is 0 Å². The highest BCUT2D eigenvalue weighted by Gasteiger charge is 2.38. The zero-order valence-corrected chi connectivity index (χ0v) is 9.08. The SMILES string of the molecule is COc1ccc(/C(=N/O)C(F)(F)F)cc1OC. The Morgan fingerprint density at radius 1 is 1.18 bits per heavy atom. The molecule has 0 radical (unpaired) electrons. The van der Waals surface area contributed by atoms with Crippen molar-refractivity contribution in [1.29, 1.82) is 0 Å². The van der Waals surface area contributed by atoms with Crippen molar-refractivity contribution in [2.24, 2.45) is 5.16 Å². The number of halogens is 3. The van der Waals surface area contributed by atoms with E-state index in [1.807, 2.05) is 0 Å². The molecule has 0 fully saturated rings. The molecule has 0 amide bonds. The highest BCUT2D eigenvalue weighted by Crippen LogP contribution is 2.30. The van der Waals surface area contributed by atoms with E-state index in [2.05, 4.69) is 5.16 Å². The third-order valence-corrected chi connectivity index (χ3v) is 2.03. The minimum atomic E-state index is -4.74. The van der Waals surface area contributed by atoms with Crippen LogP contribution in [0.25, 0.3) is 0 Å². The van der Waals surface area contributed by atoms with Gasteiger partial charge in [0.1, 0.15) is 0 Å². The molecule has 1 rings (SSSR count). The normalized spacial score (nSPS) is 12.4. The summed E-state index contributed by atoms with van der Waals surface area (Å²) in [6, 6.07) is 3.51. The Balaban J connectivity index is 3.24. The van der Waals surface area contributed by atoms with E-state index in [9.17, 15) is 13.2 Å². The minimum Gasteiger partial charge on any atom is -0.493 e. The van der Waals surface area contributed by atoms with Crippen molar-refractivity contribution < 1.29 is 27.9 Å². The number of nitrogens with zero attached hydrogens (tertiary/aromatic N) is 1. The standard InChI is InChI=1S/C10H10F3NO3/c1-16-7-4-3-6(5-8(7)17-2)9(14-15)10(11,12)13/h3-5,15H,1-2H3/b14-9-. The molecular weight excluding hydrogens is 239 g/mol. The fourth-order valence-corrected chi connectivity index (χ4v) is 1.26. The number of hydrogen-bond acceptors (Lipinski definition) is 4. The molecule has 0 aliphatic rings. The van der Waals surface area contributed by atoms with Crippen LogP contribution in [-0.4, -0.2) is 31.3 Å². The van der Waals surface area contributed by atoms with Gasteiger partial charge in [0.2, 0.25) is 0 Å². The summed E-state index contributed by atoms with van der Waals surface area (Å²) < 4.78 is 47.1. The van der Waals surface area contributed by atoms with Crippen LogP contribution in [0.5, 0.6) is 11.5 Å². The third-order valence-electron chi connectivity index (χ3n) is 2.03. The second kappa shape index (κ2) is 4.94. The lowest BCUT2D eigenvalue weighted by molar-refractivity contribution is -0.0601. The number of alkyl halides is 3. The van der Waals surface area contributed by atoms with Crippen LogP contribution in [0.15, 0.2) is 23.4 Å². The van der Waals surface area contributed by atoms with Gasteiger partial charge in [0, 0.05) is 5.56 Å². The van der Waals surface area contributed by atoms with E-state index in [1.54, 1.807) is 0 Å². The minimum absolute atomic E-state index is 0.121. The Hall–Kier alpha value is -1.92. The van der Waals surface area contributed by atoms with Crippen molar-refractivity contribution in [2.75, 3.05) is 14.2 Å². The summed E-state index contributed by atoms with van der Waals surface area (Å²) in [6.07, 6.45) is -4.74. The lowest BCUT2D eigenvalue weighted by Gasteiger charge is -2.12. The van der Waals surface area contributed by atoms with Crippen LogP contribution in [-0.2, 0) is 0 Å². The topological polar surface area (TPSA) is 51.0 Å². The van der Waals surface area contributed by atoms with Gasteiger partial charge in [0.25, 0.3) is 0 Å². The number of hydrogen-bond donors (Lipinski definition) is 1. The van der Waals surface area contributed by atoms with Crippen LogP contribution in [0.1, 0.15) is 5.56 Å². The maximum atomic E-state index is 12.5. The zero-order chi connectivity index (χ0) is 13.1. The van der Waals surface area contributed by atoms with Gasteiger partial charge in [-0.3, -0.25) is 0 Å². The van der Waals surface area contributed by atoms with Crippen LogP contribution >= 0.6 is 0 Å². The fourth-order valence-electron chi connectivity index (χ4n) is 1.26. The Kier molecular flexibility index (Phi) is 3.82. The molecule has 0 heterocycles. The molecular formula is C10H10F3NO3. The van der Waals surface area contributed by atoms with E-state index < -0.39 is 11.9 Å². The van der Waals surface area contributed by atoms with Gasteiger partial charge < -0.3 is 14.7 Å². The van der Waals surface area contributed by atoms with Crippen LogP contribution in [0, 0.1) is 0 Å². The highest BCUT2D eigenvalue weighted by molar-refractivity contribution is 6.04. The van der Waals surface area contributed by atoms with Crippen molar-refractivity contribution in [1.82, 2.24) is 0 Å². The molecule has 0 spiro atoms. The Morgan fingerprint density at radius 3 is 2.18 bits per heavy atom. The predicted octanol–water partition coefficient (Wildman–Crippen LogP) is 2.44. The average Bonchev–Trinajstić information content (AvgIpc) is 2.27. The third kappa shape index (κ3) is 2.80. The molecule has 0 aliphatic carbocycles. The molecule has 0 saturated carbocycles. The van der Waals surface area contributed by atoms with Crippen LogP contribution in [0.2, 0.25) is 0 Å². The summed E-state index contributed by atoms with van der Waals surface area (Å²) in [6.45, 7) is 0.